The van der Waals surface area contributed by atoms with Crippen LogP contribution in [0.15, 0.2) is 0 Å². The molecule has 0 aromatic carbocycles. The number of hydrogen-bond donors (Lipinski definition) is 1. The van der Waals surface area contributed by atoms with Crippen LogP contribution in [-0.4, -0.2) is 59.5 Å². The molecule has 0 radical (unpaired) electrons. The number of rotatable bonds is 5. The standard InChI is InChI=1S/C12H22N2O3/c1-3-14(10(2)15)8-11-5-4-6-13(7-11)9-12(16)17/h11H,3-9H2,1-2H3,(H,16,17)/t11-/m1/s1. The summed E-state index contributed by atoms with van der Waals surface area (Å²) >= 11 is 0. The number of aliphatic carboxylic acids is 1. The van der Waals surface area contributed by atoms with Gasteiger partial charge >= 0.3 is 5.97 Å². The summed E-state index contributed by atoms with van der Waals surface area (Å²) in [6.07, 6.45) is 2.10. The van der Waals surface area contributed by atoms with Crippen molar-refractivity contribution in [3.8, 4) is 0 Å². The first-order valence-electron chi connectivity index (χ1n) is 6.22. The molecule has 1 aliphatic rings. The smallest absolute Gasteiger partial charge is 0.317 e. The Morgan fingerprint density at radius 3 is 2.71 bits per heavy atom. The second-order valence-corrected chi connectivity index (χ2v) is 4.69. The molecule has 98 valence electrons. The minimum Gasteiger partial charge on any atom is -0.480 e. The molecule has 1 saturated heterocycles. The van der Waals surface area contributed by atoms with Crippen molar-refractivity contribution >= 4 is 11.9 Å². The molecule has 0 saturated carbocycles. The molecule has 0 spiro atoms. The zero-order valence-electron chi connectivity index (χ0n) is 10.7. The van der Waals surface area contributed by atoms with Gasteiger partial charge in [0.15, 0.2) is 0 Å². The lowest BCUT2D eigenvalue weighted by molar-refractivity contribution is -0.139. The van der Waals surface area contributed by atoms with Crippen LogP contribution in [0.3, 0.4) is 0 Å². The van der Waals surface area contributed by atoms with E-state index in [1.807, 2.05) is 16.7 Å². The van der Waals surface area contributed by atoms with Crippen molar-refractivity contribution < 1.29 is 14.7 Å². The average Bonchev–Trinajstić information content (AvgIpc) is 2.25. The van der Waals surface area contributed by atoms with Crippen LogP contribution < -0.4 is 0 Å². The van der Waals surface area contributed by atoms with Gasteiger partial charge in [-0.1, -0.05) is 0 Å². The first-order chi connectivity index (χ1) is 8.02. The first-order valence-corrected chi connectivity index (χ1v) is 6.22. The van der Waals surface area contributed by atoms with E-state index in [0.717, 1.165) is 39.0 Å². The Hall–Kier alpha value is -1.10. The van der Waals surface area contributed by atoms with Crippen molar-refractivity contribution in [1.29, 1.82) is 0 Å². The molecule has 1 atom stereocenters. The number of carboxylic acids is 1. The summed E-state index contributed by atoms with van der Waals surface area (Å²) in [7, 11) is 0. The molecule has 17 heavy (non-hydrogen) atoms. The lowest BCUT2D eigenvalue weighted by Crippen LogP contribution is -2.43. The largest absolute Gasteiger partial charge is 0.480 e. The molecule has 0 bridgehead atoms. The van der Waals surface area contributed by atoms with Crippen molar-refractivity contribution in [2.45, 2.75) is 26.7 Å². The van der Waals surface area contributed by atoms with Gasteiger partial charge in [-0.2, -0.15) is 0 Å². The Morgan fingerprint density at radius 1 is 1.47 bits per heavy atom. The molecule has 5 nitrogen and oxygen atoms in total. The van der Waals surface area contributed by atoms with Crippen LogP contribution in [0.1, 0.15) is 26.7 Å². The van der Waals surface area contributed by atoms with E-state index in [9.17, 15) is 9.59 Å². The molecule has 1 fully saturated rings. The van der Waals surface area contributed by atoms with Crippen molar-refractivity contribution in [3.05, 3.63) is 0 Å². The number of carbonyl (C=O) groups is 2. The van der Waals surface area contributed by atoms with E-state index < -0.39 is 5.97 Å². The molecule has 5 heteroatoms. The normalized spacial score (nSPS) is 21.2. The van der Waals surface area contributed by atoms with Crippen LogP contribution in [0.4, 0.5) is 0 Å². The lowest BCUT2D eigenvalue weighted by atomic mass is 9.97. The van der Waals surface area contributed by atoms with Gasteiger partial charge < -0.3 is 10.0 Å². The molecule has 0 aromatic heterocycles. The Bertz CT molecular complexity index is 281. The van der Waals surface area contributed by atoms with Gasteiger partial charge in [0.25, 0.3) is 0 Å². The van der Waals surface area contributed by atoms with Crippen LogP contribution in [0.2, 0.25) is 0 Å². The maximum atomic E-state index is 11.3. The summed E-state index contributed by atoms with van der Waals surface area (Å²) in [6.45, 7) is 6.79. The van der Waals surface area contributed by atoms with Gasteiger partial charge in [0, 0.05) is 26.6 Å². The highest BCUT2D eigenvalue weighted by atomic mass is 16.4. The molecule has 1 heterocycles. The molecule has 1 rings (SSSR count). The van der Waals surface area contributed by atoms with E-state index in [4.69, 9.17) is 5.11 Å². The van der Waals surface area contributed by atoms with E-state index in [0.29, 0.717) is 5.92 Å². The van der Waals surface area contributed by atoms with Gasteiger partial charge in [-0.15, -0.1) is 0 Å². The number of piperidine rings is 1. The highest BCUT2D eigenvalue weighted by molar-refractivity contribution is 5.73. The van der Waals surface area contributed by atoms with Crippen molar-refractivity contribution in [3.63, 3.8) is 0 Å². The topological polar surface area (TPSA) is 60.9 Å². The van der Waals surface area contributed by atoms with Crippen LogP contribution in [0.5, 0.6) is 0 Å². The Kier molecular flexibility index (Phi) is 5.41. The van der Waals surface area contributed by atoms with Gasteiger partial charge in [-0.3, -0.25) is 14.5 Å². The van der Waals surface area contributed by atoms with Gasteiger partial charge in [-0.05, 0) is 32.2 Å². The van der Waals surface area contributed by atoms with Crippen molar-refractivity contribution in [2.24, 2.45) is 5.92 Å². The Morgan fingerprint density at radius 2 is 2.18 bits per heavy atom. The monoisotopic (exact) mass is 242 g/mol. The van der Waals surface area contributed by atoms with Crippen molar-refractivity contribution in [2.75, 3.05) is 32.7 Å². The van der Waals surface area contributed by atoms with Gasteiger partial charge in [0.2, 0.25) is 5.91 Å². The zero-order valence-corrected chi connectivity index (χ0v) is 10.7. The van der Waals surface area contributed by atoms with E-state index in [1.165, 1.54) is 0 Å². The predicted octanol–water partition coefficient (Wildman–Crippen LogP) is 0.651. The fourth-order valence-electron chi connectivity index (χ4n) is 2.43. The molecular weight excluding hydrogens is 220 g/mol. The summed E-state index contributed by atoms with van der Waals surface area (Å²) in [6, 6.07) is 0. The molecule has 1 aliphatic heterocycles. The van der Waals surface area contributed by atoms with E-state index in [-0.39, 0.29) is 12.5 Å². The fraction of sp³-hybridized carbons (Fsp3) is 0.833. The maximum absolute atomic E-state index is 11.3. The van der Waals surface area contributed by atoms with Crippen LogP contribution in [-0.2, 0) is 9.59 Å². The molecular formula is C12H22N2O3. The highest BCUT2D eigenvalue weighted by Gasteiger charge is 2.23. The summed E-state index contributed by atoms with van der Waals surface area (Å²) < 4.78 is 0. The SMILES string of the molecule is CCN(C[C@@H]1CCCN(CC(=O)O)C1)C(C)=O. The van der Waals surface area contributed by atoms with Crippen LogP contribution >= 0.6 is 0 Å². The minimum atomic E-state index is -0.774. The highest BCUT2D eigenvalue weighted by Crippen LogP contribution is 2.17. The Labute approximate surface area is 102 Å². The van der Waals surface area contributed by atoms with Gasteiger partial charge in [0.05, 0.1) is 6.54 Å². The first kappa shape index (κ1) is 14.0. The predicted molar refractivity (Wildman–Crippen MR) is 64.7 cm³/mol. The average molecular weight is 242 g/mol. The summed E-state index contributed by atoms with van der Waals surface area (Å²) in [5, 5.41) is 8.76. The second kappa shape index (κ2) is 6.59. The summed E-state index contributed by atoms with van der Waals surface area (Å²) in [5.41, 5.74) is 0. The maximum Gasteiger partial charge on any atom is 0.317 e. The summed E-state index contributed by atoms with van der Waals surface area (Å²) in [4.78, 5) is 25.8. The van der Waals surface area contributed by atoms with Crippen LogP contribution in [0.25, 0.3) is 0 Å². The third kappa shape index (κ3) is 4.73. The molecule has 0 aromatic rings. The number of amides is 1. The number of carboxylic acid groups (broad SMARTS) is 1. The van der Waals surface area contributed by atoms with Gasteiger partial charge in [0.1, 0.15) is 0 Å². The number of hydrogen-bond acceptors (Lipinski definition) is 3. The third-order valence-electron chi connectivity index (χ3n) is 3.27. The van der Waals surface area contributed by atoms with Crippen molar-refractivity contribution in [1.82, 2.24) is 9.80 Å². The number of likely N-dealkylation sites (tertiary alicyclic amines) is 1. The quantitative estimate of drug-likeness (QED) is 0.769. The number of nitrogens with zero attached hydrogens (tertiary/aromatic N) is 2. The molecule has 0 aliphatic carbocycles. The minimum absolute atomic E-state index is 0.0999. The second-order valence-electron chi connectivity index (χ2n) is 4.69. The van der Waals surface area contributed by atoms with Gasteiger partial charge in [-0.25, -0.2) is 0 Å². The van der Waals surface area contributed by atoms with Crippen LogP contribution in [0, 0.1) is 5.92 Å². The molecule has 1 N–H and O–H groups in total. The zero-order chi connectivity index (χ0) is 12.8. The van der Waals surface area contributed by atoms with E-state index >= 15 is 0 Å². The van der Waals surface area contributed by atoms with E-state index in [1.54, 1.807) is 6.92 Å². The van der Waals surface area contributed by atoms with E-state index in [2.05, 4.69) is 0 Å². The number of carbonyl (C=O) groups excluding carboxylic acids is 1. The summed E-state index contributed by atoms with van der Waals surface area (Å²) in [5.74, 6) is -0.264. The fourth-order valence-corrected chi connectivity index (χ4v) is 2.43. The Balaban J connectivity index is 2.43. The lowest BCUT2D eigenvalue weighted by Gasteiger charge is -2.34. The molecule has 1 amide bonds. The molecule has 0 unspecified atom stereocenters. The third-order valence-corrected chi connectivity index (χ3v) is 3.27.